The zero-order valence-corrected chi connectivity index (χ0v) is 11.9. The highest BCUT2D eigenvalue weighted by atomic mass is 16.5. The average molecular weight is 267 g/mol. The summed E-state index contributed by atoms with van der Waals surface area (Å²) < 4.78 is 5.97. The molecule has 0 amide bonds. The first kappa shape index (κ1) is 13.0. The molecule has 2 aromatic rings. The number of aryl methyl sites for hydroxylation is 1. The Bertz CT molecular complexity index is 554. The van der Waals surface area contributed by atoms with Crippen LogP contribution in [0.1, 0.15) is 24.5 Å². The van der Waals surface area contributed by atoms with E-state index in [9.17, 15) is 0 Å². The van der Waals surface area contributed by atoms with Crippen LogP contribution < -0.4 is 10.1 Å². The maximum Gasteiger partial charge on any atom is 0.123 e. The maximum absolute atomic E-state index is 5.97. The number of hydrogen-bond donors (Lipinski definition) is 1. The van der Waals surface area contributed by atoms with Crippen LogP contribution in [0.5, 0.6) is 5.75 Å². The Kier molecular flexibility index (Phi) is 3.91. The number of nitrogens with one attached hydrogen (secondary N) is 1. The SMILES string of the molecule is CCCc1ccccc1NCC1Cc2ccccc2O1. The Hall–Kier alpha value is -1.96. The lowest BCUT2D eigenvalue weighted by Crippen LogP contribution is -2.24. The van der Waals surface area contributed by atoms with Crippen LogP contribution in [0.2, 0.25) is 0 Å². The van der Waals surface area contributed by atoms with E-state index in [2.05, 4.69) is 54.7 Å². The fraction of sp³-hybridized carbons (Fsp3) is 0.333. The van der Waals surface area contributed by atoms with Crippen molar-refractivity contribution in [1.82, 2.24) is 0 Å². The number of rotatable bonds is 5. The summed E-state index contributed by atoms with van der Waals surface area (Å²) in [5.74, 6) is 1.04. The molecule has 2 heteroatoms. The second kappa shape index (κ2) is 6.00. The molecule has 0 bridgehead atoms. The predicted octanol–water partition coefficient (Wildman–Crippen LogP) is 4.05. The topological polar surface area (TPSA) is 21.3 Å². The van der Waals surface area contributed by atoms with Gasteiger partial charge in [-0.15, -0.1) is 0 Å². The minimum absolute atomic E-state index is 0.238. The van der Waals surface area contributed by atoms with Gasteiger partial charge in [-0.05, 0) is 29.7 Å². The number of para-hydroxylation sites is 2. The highest BCUT2D eigenvalue weighted by Crippen LogP contribution is 2.28. The Balaban J connectivity index is 1.61. The van der Waals surface area contributed by atoms with Gasteiger partial charge < -0.3 is 10.1 Å². The van der Waals surface area contributed by atoms with Gasteiger partial charge in [0, 0.05) is 12.1 Å². The summed E-state index contributed by atoms with van der Waals surface area (Å²) in [5, 5.41) is 3.55. The van der Waals surface area contributed by atoms with Gasteiger partial charge in [-0.25, -0.2) is 0 Å². The number of fused-ring (bicyclic) bond motifs is 1. The molecule has 2 nitrogen and oxygen atoms in total. The average Bonchev–Trinajstić information content (AvgIpc) is 2.89. The molecule has 1 aliphatic rings. The molecular weight excluding hydrogens is 246 g/mol. The van der Waals surface area contributed by atoms with Crippen molar-refractivity contribution in [2.45, 2.75) is 32.3 Å². The summed E-state index contributed by atoms with van der Waals surface area (Å²) in [7, 11) is 0. The Morgan fingerprint density at radius 3 is 2.75 bits per heavy atom. The second-order valence-electron chi connectivity index (χ2n) is 5.34. The van der Waals surface area contributed by atoms with Gasteiger partial charge in [-0.3, -0.25) is 0 Å². The minimum atomic E-state index is 0.238. The summed E-state index contributed by atoms with van der Waals surface area (Å²) >= 11 is 0. The van der Waals surface area contributed by atoms with Crippen molar-refractivity contribution in [3.05, 3.63) is 59.7 Å². The normalized spacial score (nSPS) is 16.6. The number of ether oxygens (including phenoxy) is 1. The summed E-state index contributed by atoms with van der Waals surface area (Å²) in [6, 6.07) is 16.9. The Labute approximate surface area is 120 Å². The van der Waals surface area contributed by atoms with E-state index in [0.717, 1.165) is 25.1 Å². The zero-order chi connectivity index (χ0) is 13.8. The number of hydrogen-bond acceptors (Lipinski definition) is 2. The first-order chi connectivity index (χ1) is 9.86. The van der Waals surface area contributed by atoms with E-state index >= 15 is 0 Å². The van der Waals surface area contributed by atoms with E-state index in [1.54, 1.807) is 0 Å². The van der Waals surface area contributed by atoms with Crippen molar-refractivity contribution in [3.63, 3.8) is 0 Å². The van der Waals surface area contributed by atoms with Crippen molar-refractivity contribution in [3.8, 4) is 5.75 Å². The minimum Gasteiger partial charge on any atom is -0.488 e. The third-order valence-corrected chi connectivity index (χ3v) is 3.77. The van der Waals surface area contributed by atoms with Crippen molar-refractivity contribution >= 4 is 5.69 Å². The standard InChI is InChI=1S/C18H21NO/c1-2-7-14-8-3-5-10-17(14)19-13-16-12-15-9-4-6-11-18(15)20-16/h3-6,8-11,16,19H,2,7,12-13H2,1H3. The lowest BCUT2D eigenvalue weighted by molar-refractivity contribution is 0.246. The fourth-order valence-corrected chi connectivity index (χ4v) is 2.77. The molecule has 1 unspecified atom stereocenters. The van der Waals surface area contributed by atoms with Crippen LogP contribution in [0, 0.1) is 0 Å². The molecule has 0 aromatic heterocycles. The van der Waals surface area contributed by atoms with Gasteiger partial charge in [-0.2, -0.15) is 0 Å². The molecule has 0 radical (unpaired) electrons. The van der Waals surface area contributed by atoms with Crippen molar-refractivity contribution < 1.29 is 4.74 Å². The summed E-state index contributed by atoms with van der Waals surface area (Å²) in [5.41, 5.74) is 3.96. The van der Waals surface area contributed by atoms with Gasteiger partial charge in [0.1, 0.15) is 11.9 Å². The molecule has 1 atom stereocenters. The first-order valence-electron chi connectivity index (χ1n) is 7.43. The summed E-state index contributed by atoms with van der Waals surface area (Å²) in [4.78, 5) is 0. The largest absolute Gasteiger partial charge is 0.488 e. The molecule has 104 valence electrons. The first-order valence-corrected chi connectivity index (χ1v) is 7.43. The van der Waals surface area contributed by atoms with Crippen LogP contribution in [-0.2, 0) is 12.8 Å². The predicted molar refractivity (Wildman–Crippen MR) is 83.5 cm³/mol. The van der Waals surface area contributed by atoms with Crippen LogP contribution >= 0.6 is 0 Å². The van der Waals surface area contributed by atoms with Gasteiger partial charge >= 0.3 is 0 Å². The van der Waals surface area contributed by atoms with Crippen molar-refractivity contribution in [2.75, 3.05) is 11.9 Å². The Morgan fingerprint density at radius 1 is 1.10 bits per heavy atom. The lowest BCUT2D eigenvalue weighted by atomic mass is 10.1. The van der Waals surface area contributed by atoms with Crippen molar-refractivity contribution in [1.29, 1.82) is 0 Å². The molecule has 1 N–H and O–H groups in total. The van der Waals surface area contributed by atoms with E-state index in [1.807, 2.05) is 6.07 Å². The third kappa shape index (κ3) is 2.79. The number of anilines is 1. The van der Waals surface area contributed by atoms with Crippen LogP contribution in [0.15, 0.2) is 48.5 Å². The van der Waals surface area contributed by atoms with Crippen LogP contribution in [-0.4, -0.2) is 12.6 Å². The van der Waals surface area contributed by atoms with Crippen LogP contribution in [0.4, 0.5) is 5.69 Å². The van der Waals surface area contributed by atoms with E-state index in [-0.39, 0.29) is 6.10 Å². The molecule has 0 aliphatic carbocycles. The van der Waals surface area contributed by atoms with E-state index in [4.69, 9.17) is 4.74 Å². The van der Waals surface area contributed by atoms with E-state index in [1.165, 1.54) is 23.2 Å². The molecule has 1 aliphatic heterocycles. The molecule has 0 saturated carbocycles. The lowest BCUT2D eigenvalue weighted by Gasteiger charge is -2.15. The zero-order valence-electron chi connectivity index (χ0n) is 11.9. The quantitative estimate of drug-likeness (QED) is 0.882. The second-order valence-corrected chi connectivity index (χ2v) is 5.34. The van der Waals surface area contributed by atoms with E-state index < -0.39 is 0 Å². The molecule has 2 aromatic carbocycles. The number of benzene rings is 2. The summed E-state index contributed by atoms with van der Waals surface area (Å²) in [6.45, 7) is 3.07. The molecule has 3 rings (SSSR count). The molecule has 0 spiro atoms. The third-order valence-electron chi connectivity index (χ3n) is 3.77. The molecule has 20 heavy (non-hydrogen) atoms. The Morgan fingerprint density at radius 2 is 1.90 bits per heavy atom. The maximum atomic E-state index is 5.97. The smallest absolute Gasteiger partial charge is 0.123 e. The fourth-order valence-electron chi connectivity index (χ4n) is 2.77. The van der Waals surface area contributed by atoms with Gasteiger partial charge in [-0.1, -0.05) is 49.7 Å². The molecular formula is C18H21NO. The van der Waals surface area contributed by atoms with Crippen molar-refractivity contribution in [2.24, 2.45) is 0 Å². The monoisotopic (exact) mass is 267 g/mol. The molecule has 0 fully saturated rings. The van der Waals surface area contributed by atoms with Gasteiger partial charge in [0.25, 0.3) is 0 Å². The van der Waals surface area contributed by atoms with Gasteiger partial charge in [0.05, 0.1) is 6.54 Å². The molecule has 1 heterocycles. The van der Waals surface area contributed by atoms with Crippen LogP contribution in [0.3, 0.4) is 0 Å². The highest BCUT2D eigenvalue weighted by Gasteiger charge is 2.21. The van der Waals surface area contributed by atoms with Crippen LogP contribution in [0.25, 0.3) is 0 Å². The van der Waals surface area contributed by atoms with E-state index in [0.29, 0.717) is 0 Å². The highest BCUT2D eigenvalue weighted by molar-refractivity contribution is 5.51. The molecule has 0 saturated heterocycles. The van der Waals surface area contributed by atoms with Gasteiger partial charge in [0.15, 0.2) is 0 Å². The summed E-state index contributed by atoms with van der Waals surface area (Å²) in [6.07, 6.45) is 3.53. The van der Waals surface area contributed by atoms with Gasteiger partial charge in [0.2, 0.25) is 0 Å².